The van der Waals surface area contributed by atoms with Crippen LogP contribution in [-0.2, 0) is 24.0 Å². The van der Waals surface area contributed by atoms with Crippen molar-refractivity contribution in [1.82, 2.24) is 15.5 Å². The van der Waals surface area contributed by atoms with Gasteiger partial charge >= 0.3 is 5.97 Å². The van der Waals surface area contributed by atoms with Gasteiger partial charge in [-0.1, -0.05) is 51.7 Å². The maximum atomic E-state index is 12.8. The summed E-state index contributed by atoms with van der Waals surface area (Å²) in [7, 11) is 1.30. The molecule has 0 spiro atoms. The van der Waals surface area contributed by atoms with Crippen LogP contribution in [0, 0.1) is 0 Å². The van der Waals surface area contributed by atoms with E-state index in [1.54, 1.807) is 11.5 Å². The van der Waals surface area contributed by atoms with E-state index in [0.717, 1.165) is 0 Å². The minimum atomic E-state index is -1.78. The predicted octanol–water partition coefficient (Wildman–Crippen LogP) is 0.995. The van der Waals surface area contributed by atoms with Crippen molar-refractivity contribution in [3.63, 3.8) is 0 Å². The van der Waals surface area contributed by atoms with E-state index in [1.807, 2.05) is 6.92 Å². The van der Waals surface area contributed by atoms with E-state index in [9.17, 15) is 14.4 Å². The van der Waals surface area contributed by atoms with E-state index >= 15 is 0 Å². The van der Waals surface area contributed by atoms with Gasteiger partial charge in [0.15, 0.2) is 5.71 Å². The normalized spacial score (nSPS) is 28.0. The summed E-state index contributed by atoms with van der Waals surface area (Å²) in [5, 5.41) is 10.2. The van der Waals surface area contributed by atoms with Crippen LogP contribution in [0.4, 0.5) is 0 Å². The Kier molecular flexibility index (Phi) is 7.59. The number of amides is 2. The molecule has 2 amide bonds. The van der Waals surface area contributed by atoms with Crippen LogP contribution in [0.5, 0.6) is 0 Å². The lowest BCUT2D eigenvalue weighted by molar-refractivity contribution is -0.152. The fraction of sp³-hybridized carbons (Fsp3) is 0.500. The largest absolute Gasteiger partial charge is 0.456 e. The molecule has 10 nitrogen and oxygen atoms in total. The molecule has 170 valence electrons. The lowest BCUT2D eigenvalue weighted by Crippen LogP contribution is -2.71. The first kappa shape index (κ1) is 24.3. The number of rotatable bonds is 6. The summed E-state index contributed by atoms with van der Waals surface area (Å²) < 4.78 is 3.22. The summed E-state index contributed by atoms with van der Waals surface area (Å²) >= 11 is 19.5. The first-order valence-corrected chi connectivity index (χ1v) is 11.8. The Morgan fingerprint density at radius 1 is 1.42 bits per heavy atom. The molecule has 1 saturated heterocycles. The number of thioether (sulfide) groups is 2. The van der Waals surface area contributed by atoms with Gasteiger partial charge in [0.1, 0.15) is 36.3 Å². The fourth-order valence-electron chi connectivity index (χ4n) is 2.94. The second-order valence-corrected chi connectivity index (χ2v) is 11.5. The summed E-state index contributed by atoms with van der Waals surface area (Å²) in [6.45, 7) is 1.37. The molecule has 3 heterocycles. The van der Waals surface area contributed by atoms with Crippen LogP contribution >= 0.6 is 58.3 Å². The summed E-state index contributed by atoms with van der Waals surface area (Å²) in [6, 6.07) is -0.880. The number of carbonyl (C=O) groups excluding carboxylic acids is 3. The number of nitrogens with two attached hydrogens (primary N) is 1. The third kappa shape index (κ3) is 5.55. The number of ether oxygens (including phenoxy) is 1. The topological polar surface area (TPSA) is 135 Å². The number of esters is 1. The Balaban J connectivity index is 1.70. The van der Waals surface area contributed by atoms with E-state index in [4.69, 9.17) is 50.1 Å². The number of halogens is 3. The first-order chi connectivity index (χ1) is 14.5. The maximum absolute atomic E-state index is 12.8. The van der Waals surface area contributed by atoms with Crippen LogP contribution < -0.4 is 16.4 Å². The quantitative estimate of drug-likeness (QED) is 0.151. The monoisotopic (exact) mass is 529 g/mol. The number of nitrogens with zero attached hydrogens (tertiary/aromatic N) is 2. The van der Waals surface area contributed by atoms with E-state index in [-0.39, 0.29) is 16.7 Å². The van der Waals surface area contributed by atoms with E-state index in [1.165, 1.54) is 35.5 Å². The SMILES string of the molecule is CON=C(C(=O)NC1C(=O)N2C(C(=O)OCC(Cl)(Cl)Cl)=CC(C)S[C@@H]12)C1=CSC(N)N1. The molecule has 31 heavy (non-hydrogen) atoms. The number of hydrogen-bond acceptors (Lipinski definition) is 10. The van der Waals surface area contributed by atoms with Gasteiger partial charge < -0.3 is 25.9 Å². The minimum absolute atomic E-state index is 0.0364. The molecule has 0 aromatic rings. The highest BCUT2D eigenvalue weighted by atomic mass is 35.6. The third-order valence-corrected chi connectivity index (χ3v) is 6.63. The van der Waals surface area contributed by atoms with Gasteiger partial charge in [-0.15, -0.1) is 11.8 Å². The molecule has 4 atom stereocenters. The zero-order valence-corrected chi connectivity index (χ0v) is 20.0. The molecule has 3 aliphatic heterocycles. The first-order valence-electron chi connectivity index (χ1n) is 8.76. The molecule has 0 bridgehead atoms. The van der Waals surface area contributed by atoms with Crippen molar-refractivity contribution in [3.05, 3.63) is 22.9 Å². The predicted molar refractivity (Wildman–Crippen MR) is 120 cm³/mol. The standard InChI is InChI=1S/C16H18Cl3N5O5S2/c1-6-3-8(14(27)29-5-16(17,18)19)24-12(26)10(13(24)31-6)22-11(25)9(23-28-2)7-4-30-15(20)21-7/h3-4,6,10,13,15,21H,5,20H2,1-2H3,(H,22,25)/t6?,10?,13-,15?/m0/s1. The van der Waals surface area contributed by atoms with Crippen molar-refractivity contribution < 1.29 is 24.0 Å². The van der Waals surface area contributed by atoms with Gasteiger partial charge in [0.2, 0.25) is 3.79 Å². The van der Waals surface area contributed by atoms with Gasteiger partial charge in [0, 0.05) is 10.7 Å². The van der Waals surface area contributed by atoms with E-state index in [2.05, 4.69) is 15.8 Å². The Bertz CT molecular complexity index is 878. The number of hydrogen-bond donors (Lipinski definition) is 3. The summed E-state index contributed by atoms with van der Waals surface area (Å²) in [5.41, 5.74) is 5.68. The molecular formula is C16H18Cl3N5O5S2. The zero-order chi connectivity index (χ0) is 22.9. The van der Waals surface area contributed by atoms with Crippen LogP contribution in [0.1, 0.15) is 6.92 Å². The number of carbonyl (C=O) groups is 3. The van der Waals surface area contributed by atoms with Gasteiger partial charge in [-0.2, -0.15) is 0 Å². The molecule has 15 heteroatoms. The molecule has 3 aliphatic rings. The molecule has 1 fully saturated rings. The van der Waals surface area contributed by atoms with Crippen molar-refractivity contribution in [2.24, 2.45) is 10.9 Å². The van der Waals surface area contributed by atoms with Gasteiger partial charge in [0.05, 0.1) is 5.70 Å². The number of β-lactam (4-membered cyclic amide) rings is 1. The second-order valence-electron chi connectivity index (χ2n) is 6.49. The van der Waals surface area contributed by atoms with Crippen molar-refractivity contribution >= 4 is 81.8 Å². The lowest BCUT2D eigenvalue weighted by Gasteiger charge is -2.49. The average molecular weight is 531 g/mol. The van der Waals surface area contributed by atoms with Crippen LogP contribution in [0.3, 0.4) is 0 Å². The third-order valence-electron chi connectivity index (χ3n) is 4.20. The van der Waals surface area contributed by atoms with Gasteiger partial charge in [-0.25, -0.2) is 4.79 Å². The molecule has 3 unspecified atom stereocenters. The fourth-order valence-corrected chi connectivity index (χ4v) is 5.09. The van der Waals surface area contributed by atoms with Crippen LogP contribution in [0.2, 0.25) is 0 Å². The van der Waals surface area contributed by atoms with Crippen molar-refractivity contribution in [3.8, 4) is 0 Å². The van der Waals surface area contributed by atoms with Crippen molar-refractivity contribution in [1.29, 1.82) is 0 Å². The van der Waals surface area contributed by atoms with Crippen molar-refractivity contribution in [2.75, 3.05) is 13.7 Å². The molecule has 0 aromatic heterocycles. The maximum Gasteiger partial charge on any atom is 0.354 e. The molecule has 0 saturated carbocycles. The van der Waals surface area contributed by atoms with Gasteiger partial charge in [0.25, 0.3) is 11.8 Å². The van der Waals surface area contributed by atoms with Crippen LogP contribution in [0.15, 0.2) is 28.0 Å². The number of alkyl halides is 3. The summed E-state index contributed by atoms with van der Waals surface area (Å²) in [6.07, 6.45) is 1.58. The zero-order valence-electron chi connectivity index (χ0n) is 16.1. The average Bonchev–Trinajstić information content (AvgIpc) is 3.12. The Labute approximate surface area is 201 Å². The molecule has 0 radical (unpaired) electrons. The Morgan fingerprint density at radius 2 is 2.13 bits per heavy atom. The molecular weight excluding hydrogens is 513 g/mol. The minimum Gasteiger partial charge on any atom is -0.456 e. The molecule has 4 N–H and O–H groups in total. The highest BCUT2D eigenvalue weighted by Gasteiger charge is 2.54. The van der Waals surface area contributed by atoms with E-state index < -0.39 is 45.1 Å². The smallest absolute Gasteiger partial charge is 0.354 e. The molecule has 0 aromatic carbocycles. The van der Waals surface area contributed by atoms with Crippen LogP contribution in [0.25, 0.3) is 0 Å². The molecule has 0 aliphatic carbocycles. The van der Waals surface area contributed by atoms with E-state index in [0.29, 0.717) is 5.70 Å². The highest BCUT2D eigenvalue weighted by molar-refractivity contribution is 8.03. The summed E-state index contributed by atoms with van der Waals surface area (Å²) in [5.74, 6) is -1.91. The van der Waals surface area contributed by atoms with Crippen LogP contribution in [-0.4, -0.2) is 68.1 Å². The van der Waals surface area contributed by atoms with Gasteiger partial charge in [-0.05, 0) is 13.0 Å². The Hall–Kier alpha value is -1.31. The van der Waals surface area contributed by atoms with Gasteiger partial charge in [-0.3, -0.25) is 14.5 Å². The Morgan fingerprint density at radius 3 is 2.71 bits per heavy atom. The second kappa shape index (κ2) is 9.67. The van der Waals surface area contributed by atoms with Crippen molar-refractivity contribution in [2.45, 2.75) is 32.9 Å². The summed E-state index contributed by atoms with van der Waals surface area (Å²) in [4.78, 5) is 44.0. The number of fused-ring (bicyclic) bond motifs is 1. The highest BCUT2D eigenvalue weighted by Crippen LogP contribution is 2.41. The lowest BCUT2D eigenvalue weighted by atomic mass is 10.0. The molecule has 3 rings (SSSR count). The number of nitrogens with one attached hydrogen (secondary N) is 2. The number of oxime groups is 1.